The summed E-state index contributed by atoms with van der Waals surface area (Å²) >= 11 is 0. The van der Waals surface area contributed by atoms with E-state index < -0.39 is 22.0 Å². The zero-order valence-corrected chi connectivity index (χ0v) is 12.2. The normalized spacial score (nSPS) is 23.4. The van der Waals surface area contributed by atoms with E-state index in [2.05, 4.69) is 0 Å². The van der Waals surface area contributed by atoms with Crippen molar-refractivity contribution in [1.82, 2.24) is 4.31 Å². The maximum Gasteiger partial charge on any atom is 0.322 e. The molecule has 0 bridgehead atoms. The Kier molecular flexibility index (Phi) is 3.29. The summed E-state index contributed by atoms with van der Waals surface area (Å²) in [6.07, 6.45) is 0.119. The summed E-state index contributed by atoms with van der Waals surface area (Å²) in [5.74, 6) is -0.307. The maximum atomic E-state index is 12.6. The van der Waals surface area contributed by atoms with E-state index in [-0.39, 0.29) is 17.9 Å². The maximum absolute atomic E-state index is 12.6. The number of fused-ring (bicyclic) bond motifs is 2. The second kappa shape index (κ2) is 4.88. The van der Waals surface area contributed by atoms with Crippen molar-refractivity contribution >= 4 is 16.0 Å². The Morgan fingerprint density at radius 3 is 2.52 bits per heavy atom. The predicted molar refractivity (Wildman–Crippen MR) is 72.1 cm³/mol. The Hall–Kier alpha value is -1.80. The van der Waals surface area contributed by atoms with Crippen LogP contribution in [0.15, 0.2) is 17.0 Å². The Morgan fingerprint density at radius 2 is 1.95 bits per heavy atom. The summed E-state index contributed by atoms with van der Waals surface area (Å²) in [5, 5.41) is 9.27. The molecule has 1 aromatic carbocycles. The lowest BCUT2D eigenvalue weighted by molar-refractivity contribution is -0.141. The molecule has 0 radical (unpaired) electrons. The fourth-order valence-electron chi connectivity index (χ4n) is 2.72. The minimum atomic E-state index is -3.84. The minimum Gasteiger partial charge on any atom is -0.486 e. The van der Waals surface area contributed by atoms with Crippen LogP contribution in [0.25, 0.3) is 0 Å². The van der Waals surface area contributed by atoms with Gasteiger partial charge < -0.3 is 14.6 Å². The van der Waals surface area contributed by atoms with Gasteiger partial charge in [-0.3, -0.25) is 4.79 Å². The average Bonchev–Trinajstić information content (AvgIpc) is 2.45. The van der Waals surface area contributed by atoms with Crippen molar-refractivity contribution in [2.45, 2.75) is 24.3 Å². The summed E-state index contributed by atoms with van der Waals surface area (Å²) in [6, 6.07) is 1.92. The molecule has 1 unspecified atom stereocenters. The Bertz CT molecular complexity index is 699. The standard InChI is InChI=1S/C13H15NO6S/c1-2-14-9(13(15)16)5-8-6-10-11(20-4-3-19-10)7-12(8)21(14,17)18/h6-7,9H,2-5H2,1H3,(H,15,16). The van der Waals surface area contributed by atoms with Crippen LogP contribution in [-0.4, -0.2) is 49.6 Å². The second-order valence-electron chi connectivity index (χ2n) is 4.87. The molecule has 7 nitrogen and oxygen atoms in total. The summed E-state index contributed by atoms with van der Waals surface area (Å²) < 4.78 is 37.0. The first-order valence-corrected chi connectivity index (χ1v) is 8.06. The Labute approximate surface area is 122 Å². The van der Waals surface area contributed by atoms with Gasteiger partial charge in [-0.05, 0) is 11.6 Å². The zero-order valence-electron chi connectivity index (χ0n) is 11.4. The lowest BCUT2D eigenvalue weighted by atomic mass is 10.0. The SMILES string of the molecule is CCN1C(C(=O)O)Cc2cc3c(cc2S1(=O)=O)OCCO3. The zero-order chi connectivity index (χ0) is 15.2. The molecule has 114 valence electrons. The number of rotatable bonds is 2. The molecule has 1 atom stereocenters. The summed E-state index contributed by atoms with van der Waals surface area (Å²) in [6.45, 7) is 2.48. The largest absolute Gasteiger partial charge is 0.486 e. The lowest BCUT2D eigenvalue weighted by Crippen LogP contribution is -2.49. The minimum absolute atomic E-state index is 0.103. The summed E-state index contributed by atoms with van der Waals surface area (Å²) in [5.41, 5.74) is 0.455. The number of carboxylic acid groups (broad SMARTS) is 1. The van der Waals surface area contributed by atoms with Gasteiger partial charge in [0.1, 0.15) is 19.3 Å². The average molecular weight is 313 g/mol. The third-order valence-corrected chi connectivity index (χ3v) is 5.74. The van der Waals surface area contributed by atoms with Crippen molar-refractivity contribution in [1.29, 1.82) is 0 Å². The van der Waals surface area contributed by atoms with Gasteiger partial charge in [-0.1, -0.05) is 6.92 Å². The van der Waals surface area contributed by atoms with Crippen molar-refractivity contribution in [3.8, 4) is 11.5 Å². The van der Waals surface area contributed by atoms with Gasteiger partial charge in [-0.2, -0.15) is 4.31 Å². The van der Waals surface area contributed by atoms with E-state index in [0.29, 0.717) is 30.3 Å². The van der Waals surface area contributed by atoms with Crippen molar-refractivity contribution in [3.63, 3.8) is 0 Å². The van der Waals surface area contributed by atoms with Gasteiger partial charge in [0.2, 0.25) is 10.0 Å². The highest BCUT2D eigenvalue weighted by atomic mass is 32.2. The van der Waals surface area contributed by atoms with Gasteiger partial charge in [0.15, 0.2) is 11.5 Å². The van der Waals surface area contributed by atoms with Crippen molar-refractivity contribution in [2.24, 2.45) is 0 Å². The van der Waals surface area contributed by atoms with Gasteiger partial charge in [-0.25, -0.2) is 8.42 Å². The number of nitrogens with zero attached hydrogens (tertiary/aromatic N) is 1. The first-order valence-electron chi connectivity index (χ1n) is 6.62. The number of ether oxygens (including phenoxy) is 2. The van der Waals surface area contributed by atoms with Crippen molar-refractivity contribution < 1.29 is 27.8 Å². The number of likely N-dealkylation sites (N-methyl/N-ethyl adjacent to an activating group) is 1. The molecule has 1 aromatic rings. The smallest absolute Gasteiger partial charge is 0.322 e. The third kappa shape index (κ3) is 2.14. The highest BCUT2D eigenvalue weighted by Gasteiger charge is 2.42. The van der Waals surface area contributed by atoms with Crippen LogP contribution in [0.3, 0.4) is 0 Å². The lowest BCUT2D eigenvalue weighted by Gasteiger charge is -2.33. The molecule has 0 saturated heterocycles. The van der Waals surface area contributed by atoms with Crippen LogP contribution < -0.4 is 9.47 Å². The van der Waals surface area contributed by atoms with Crippen molar-refractivity contribution in [2.75, 3.05) is 19.8 Å². The fraction of sp³-hybridized carbons (Fsp3) is 0.462. The third-order valence-electron chi connectivity index (χ3n) is 3.67. The quantitative estimate of drug-likeness (QED) is 0.853. The number of aliphatic carboxylic acids is 1. The van der Waals surface area contributed by atoms with Crippen LogP contribution in [0.2, 0.25) is 0 Å². The predicted octanol–water partition coefficient (Wildman–Crippen LogP) is 0.478. The molecule has 8 heteroatoms. The van der Waals surface area contributed by atoms with E-state index in [1.807, 2.05) is 0 Å². The molecule has 3 rings (SSSR count). The Morgan fingerprint density at radius 1 is 1.33 bits per heavy atom. The van der Waals surface area contributed by atoms with Crippen LogP contribution in [0.1, 0.15) is 12.5 Å². The molecule has 2 aliphatic rings. The van der Waals surface area contributed by atoms with Gasteiger partial charge >= 0.3 is 5.97 Å². The van der Waals surface area contributed by atoms with Crippen LogP contribution in [0, 0.1) is 0 Å². The van der Waals surface area contributed by atoms with Gasteiger partial charge in [0, 0.05) is 19.0 Å². The van der Waals surface area contributed by atoms with Gasteiger partial charge in [-0.15, -0.1) is 0 Å². The first-order chi connectivity index (χ1) is 9.95. The molecule has 1 N–H and O–H groups in total. The van der Waals surface area contributed by atoms with Crippen LogP contribution in [0.4, 0.5) is 0 Å². The number of carboxylic acids is 1. The van der Waals surface area contributed by atoms with E-state index in [0.717, 1.165) is 4.31 Å². The summed E-state index contributed by atoms with van der Waals surface area (Å²) in [4.78, 5) is 11.5. The van der Waals surface area contributed by atoms with Crippen LogP contribution >= 0.6 is 0 Å². The monoisotopic (exact) mass is 313 g/mol. The van der Waals surface area contributed by atoms with E-state index in [1.165, 1.54) is 6.07 Å². The van der Waals surface area contributed by atoms with Gasteiger partial charge in [0.05, 0.1) is 4.90 Å². The molecule has 0 fully saturated rings. The van der Waals surface area contributed by atoms with Crippen LogP contribution in [0.5, 0.6) is 11.5 Å². The highest BCUT2D eigenvalue weighted by Crippen LogP contribution is 2.39. The van der Waals surface area contributed by atoms with Crippen molar-refractivity contribution in [3.05, 3.63) is 17.7 Å². The molecule has 21 heavy (non-hydrogen) atoms. The van der Waals surface area contributed by atoms with Gasteiger partial charge in [0.25, 0.3) is 0 Å². The molecule has 0 saturated carbocycles. The van der Waals surface area contributed by atoms with E-state index in [4.69, 9.17) is 9.47 Å². The molecule has 0 spiro atoms. The van der Waals surface area contributed by atoms with E-state index in [9.17, 15) is 18.3 Å². The number of hydrogen-bond acceptors (Lipinski definition) is 5. The number of benzene rings is 1. The molecular formula is C13H15NO6S. The molecule has 0 aliphatic carbocycles. The van der Waals surface area contributed by atoms with Crippen LogP contribution in [-0.2, 0) is 21.2 Å². The first kappa shape index (κ1) is 14.2. The topological polar surface area (TPSA) is 93.1 Å². The number of sulfonamides is 1. The summed E-state index contributed by atoms with van der Waals surface area (Å²) in [7, 11) is -3.84. The Balaban J connectivity index is 2.17. The molecule has 2 heterocycles. The number of carbonyl (C=O) groups is 1. The molecular weight excluding hydrogens is 298 g/mol. The highest BCUT2D eigenvalue weighted by molar-refractivity contribution is 7.89. The van der Waals surface area contributed by atoms with E-state index >= 15 is 0 Å². The molecule has 2 aliphatic heterocycles. The fourth-order valence-corrected chi connectivity index (χ4v) is 4.54. The molecule has 0 amide bonds. The van der Waals surface area contributed by atoms with E-state index in [1.54, 1.807) is 13.0 Å². The number of hydrogen-bond donors (Lipinski definition) is 1. The second-order valence-corrected chi connectivity index (χ2v) is 6.73. The molecule has 0 aromatic heterocycles.